The molecule has 7 rings (SSSR count). The topological polar surface area (TPSA) is 0 Å². The minimum atomic E-state index is 0.0104. The zero-order valence-electron chi connectivity index (χ0n) is 21.4. The van der Waals surface area contributed by atoms with E-state index < -0.39 is 0 Å². The van der Waals surface area contributed by atoms with Gasteiger partial charge >= 0.3 is 0 Å². The second-order valence-electron chi connectivity index (χ2n) is 10.9. The van der Waals surface area contributed by atoms with Crippen LogP contribution in [0, 0.1) is 6.92 Å². The Labute approximate surface area is 222 Å². The minimum Gasteiger partial charge on any atom is -0.0673 e. The van der Waals surface area contributed by atoms with Gasteiger partial charge in [-0.05, 0) is 79.0 Å². The van der Waals surface area contributed by atoms with Gasteiger partial charge in [0.05, 0.1) is 10.2 Å². The molecule has 175 valence electrons. The molecule has 0 nitrogen and oxygen atoms in total. The smallest absolute Gasteiger partial charge is 0.0673 e. The van der Waals surface area contributed by atoms with Crippen LogP contribution in [0.15, 0.2) is 109 Å². The van der Waals surface area contributed by atoms with Crippen LogP contribution >= 0.6 is 0 Å². The maximum atomic E-state index is 3.67. The van der Waals surface area contributed by atoms with Crippen LogP contribution in [0.2, 0.25) is 0 Å². The number of rotatable bonds is 2. The van der Waals surface area contributed by atoms with Crippen LogP contribution in [0.5, 0.6) is 0 Å². The van der Waals surface area contributed by atoms with Crippen molar-refractivity contribution < 1.29 is 0 Å². The second-order valence-corrected chi connectivity index (χ2v) is 11.4. The first-order valence-corrected chi connectivity index (χ1v) is 13.5. The highest BCUT2D eigenvalue weighted by atomic mass is 28.1. The summed E-state index contributed by atoms with van der Waals surface area (Å²) in [5.41, 5.74) is 12.0. The first kappa shape index (κ1) is 22.3. The first-order valence-electron chi connectivity index (χ1n) is 13.0. The van der Waals surface area contributed by atoms with Crippen LogP contribution in [0.25, 0.3) is 54.9 Å². The van der Waals surface area contributed by atoms with Gasteiger partial charge in [0.25, 0.3) is 0 Å². The van der Waals surface area contributed by atoms with E-state index in [2.05, 4.69) is 140 Å². The molecule has 6 aromatic rings. The second kappa shape index (κ2) is 8.03. The van der Waals surface area contributed by atoms with Crippen LogP contribution in [-0.4, -0.2) is 10.2 Å². The Morgan fingerprint density at radius 3 is 1.86 bits per heavy atom. The van der Waals surface area contributed by atoms with Gasteiger partial charge in [0, 0.05) is 5.41 Å². The molecule has 0 saturated heterocycles. The molecule has 0 bridgehead atoms. The zero-order chi connectivity index (χ0) is 25.3. The van der Waals surface area contributed by atoms with Crippen molar-refractivity contribution in [3.05, 3.63) is 126 Å². The van der Waals surface area contributed by atoms with E-state index in [1.54, 1.807) is 0 Å². The van der Waals surface area contributed by atoms with E-state index in [1.807, 2.05) is 0 Å². The summed E-state index contributed by atoms with van der Waals surface area (Å²) in [6.07, 6.45) is 0. The van der Waals surface area contributed by atoms with Crippen LogP contribution in [0.1, 0.15) is 30.5 Å². The molecule has 0 saturated carbocycles. The molecule has 3 radical (unpaired) electrons. The van der Waals surface area contributed by atoms with E-state index >= 15 is 0 Å². The van der Waals surface area contributed by atoms with E-state index in [1.165, 1.54) is 71.6 Å². The Bertz CT molecular complexity index is 1860. The van der Waals surface area contributed by atoms with Crippen molar-refractivity contribution in [2.75, 3.05) is 0 Å². The van der Waals surface area contributed by atoms with Crippen LogP contribution in [-0.2, 0) is 5.41 Å². The first-order chi connectivity index (χ1) is 17.9. The zero-order valence-corrected chi connectivity index (χ0v) is 22.4. The molecule has 0 heterocycles. The monoisotopic (exact) mass is 487 g/mol. The van der Waals surface area contributed by atoms with Crippen molar-refractivity contribution in [1.29, 1.82) is 0 Å². The molecule has 1 aliphatic rings. The lowest BCUT2D eigenvalue weighted by Gasteiger charge is -2.22. The summed E-state index contributed by atoms with van der Waals surface area (Å²) in [5, 5.41) is 6.27. The standard InChI is InChI=1S/C36H27Si/c1-22-12-18-29-31(20-22)35(28-10-5-4-9-27(28)34(29)23-13-16-25(37)17-14-23)24-15-19-33-30(21-24)26-8-6-7-11-32(26)36(33,2)3/h4-21H,1-3H3. The minimum absolute atomic E-state index is 0.0104. The van der Waals surface area contributed by atoms with Gasteiger partial charge in [-0.3, -0.25) is 0 Å². The van der Waals surface area contributed by atoms with Gasteiger partial charge in [-0.25, -0.2) is 0 Å². The summed E-state index contributed by atoms with van der Waals surface area (Å²) in [6.45, 7) is 6.88. The molecule has 0 spiro atoms. The molecule has 6 aromatic carbocycles. The number of aryl methyl sites for hydroxylation is 1. The van der Waals surface area contributed by atoms with Gasteiger partial charge in [0.1, 0.15) is 0 Å². The van der Waals surface area contributed by atoms with Gasteiger partial charge in [0.2, 0.25) is 0 Å². The van der Waals surface area contributed by atoms with Crippen molar-refractivity contribution >= 4 is 37.0 Å². The molecule has 1 aliphatic carbocycles. The van der Waals surface area contributed by atoms with E-state index in [9.17, 15) is 0 Å². The Morgan fingerprint density at radius 2 is 1.11 bits per heavy atom. The summed E-state index contributed by atoms with van der Waals surface area (Å²) in [7, 11) is 3.67. The van der Waals surface area contributed by atoms with Crippen molar-refractivity contribution in [3.63, 3.8) is 0 Å². The van der Waals surface area contributed by atoms with Crippen LogP contribution in [0.4, 0.5) is 0 Å². The molecule has 0 fully saturated rings. The van der Waals surface area contributed by atoms with Gasteiger partial charge in [0.15, 0.2) is 0 Å². The Hall–Kier alpha value is -3.94. The largest absolute Gasteiger partial charge is 0.0711 e. The highest BCUT2D eigenvalue weighted by molar-refractivity contribution is 6.32. The highest BCUT2D eigenvalue weighted by Gasteiger charge is 2.35. The SMILES string of the molecule is Cc1ccc2c(-c3ccc([Si])cc3)c3ccccc3c(-c3ccc4c(c3)-c3ccccc3C4(C)C)c2c1. The van der Waals surface area contributed by atoms with E-state index in [0.717, 1.165) is 5.19 Å². The predicted molar refractivity (Wildman–Crippen MR) is 160 cm³/mol. The van der Waals surface area contributed by atoms with Crippen molar-refractivity contribution in [2.24, 2.45) is 0 Å². The summed E-state index contributed by atoms with van der Waals surface area (Å²) < 4.78 is 0. The average molecular weight is 488 g/mol. The summed E-state index contributed by atoms with van der Waals surface area (Å²) in [6, 6.07) is 40.6. The highest BCUT2D eigenvalue weighted by Crippen LogP contribution is 2.51. The average Bonchev–Trinajstić information content (AvgIpc) is 3.14. The summed E-state index contributed by atoms with van der Waals surface area (Å²) in [4.78, 5) is 0. The fraction of sp³-hybridized carbons (Fsp3) is 0.111. The van der Waals surface area contributed by atoms with E-state index in [0.29, 0.717) is 0 Å². The van der Waals surface area contributed by atoms with Gasteiger partial charge in [-0.1, -0.05) is 128 Å². The lowest BCUT2D eigenvalue weighted by atomic mass is 9.81. The number of hydrogen-bond donors (Lipinski definition) is 0. The molecule has 0 amide bonds. The number of benzene rings is 6. The molecule has 0 unspecified atom stereocenters. The van der Waals surface area contributed by atoms with Crippen molar-refractivity contribution in [1.82, 2.24) is 0 Å². The maximum absolute atomic E-state index is 3.67. The number of fused-ring (bicyclic) bond motifs is 5. The normalized spacial score (nSPS) is 13.6. The Morgan fingerprint density at radius 1 is 0.514 bits per heavy atom. The molecule has 0 aliphatic heterocycles. The molecule has 0 N–H and O–H groups in total. The quantitative estimate of drug-likeness (QED) is 0.169. The number of hydrogen-bond acceptors (Lipinski definition) is 0. The van der Waals surface area contributed by atoms with E-state index in [-0.39, 0.29) is 5.41 Å². The predicted octanol–water partition coefficient (Wildman–Crippen LogP) is 8.74. The lowest BCUT2D eigenvalue weighted by Crippen LogP contribution is -2.14. The molecule has 0 aromatic heterocycles. The van der Waals surface area contributed by atoms with Gasteiger partial charge < -0.3 is 0 Å². The lowest BCUT2D eigenvalue weighted by molar-refractivity contribution is 0.660. The van der Waals surface area contributed by atoms with Crippen molar-refractivity contribution in [2.45, 2.75) is 26.2 Å². The van der Waals surface area contributed by atoms with E-state index in [4.69, 9.17) is 0 Å². The Balaban J connectivity index is 1.59. The molecule has 1 heteroatoms. The molecule has 37 heavy (non-hydrogen) atoms. The van der Waals surface area contributed by atoms with Gasteiger partial charge in [-0.2, -0.15) is 0 Å². The Kier molecular flexibility index (Phi) is 4.83. The van der Waals surface area contributed by atoms with Crippen LogP contribution in [0.3, 0.4) is 0 Å². The fourth-order valence-corrected chi connectivity index (χ4v) is 6.59. The molecule has 0 atom stereocenters. The van der Waals surface area contributed by atoms with Crippen molar-refractivity contribution in [3.8, 4) is 33.4 Å². The summed E-state index contributed by atoms with van der Waals surface area (Å²) >= 11 is 0. The maximum Gasteiger partial charge on any atom is 0.0711 e. The van der Waals surface area contributed by atoms with Crippen LogP contribution < -0.4 is 5.19 Å². The third kappa shape index (κ3) is 3.27. The summed E-state index contributed by atoms with van der Waals surface area (Å²) in [5.74, 6) is 0. The fourth-order valence-electron chi connectivity index (χ4n) is 6.43. The van der Waals surface area contributed by atoms with Gasteiger partial charge in [-0.15, -0.1) is 0 Å². The molecular formula is C36H27Si. The third-order valence-electron chi connectivity index (χ3n) is 8.23. The molecular weight excluding hydrogens is 460 g/mol. The third-order valence-corrected chi connectivity index (χ3v) is 8.56.